The van der Waals surface area contributed by atoms with Crippen molar-refractivity contribution in [3.8, 4) is 0 Å². The van der Waals surface area contributed by atoms with Gasteiger partial charge in [0.1, 0.15) is 0 Å². The van der Waals surface area contributed by atoms with Crippen molar-refractivity contribution in [2.75, 3.05) is 13.1 Å². The Morgan fingerprint density at radius 3 is 2.53 bits per heavy atom. The van der Waals surface area contributed by atoms with Gasteiger partial charge in [-0.1, -0.05) is 20.3 Å². The predicted octanol–water partition coefficient (Wildman–Crippen LogP) is 3.84. The highest BCUT2D eigenvalue weighted by molar-refractivity contribution is 5.00. The number of hydrogen-bond donors (Lipinski definition) is 1. The van der Waals surface area contributed by atoms with Crippen LogP contribution in [0.25, 0.3) is 0 Å². The van der Waals surface area contributed by atoms with Crippen molar-refractivity contribution in [1.82, 2.24) is 5.32 Å². The minimum absolute atomic E-state index is 0.740. The van der Waals surface area contributed by atoms with E-state index in [0.29, 0.717) is 0 Å². The highest BCUT2D eigenvalue weighted by Crippen LogP contribution is 2.57. The van der Waals surface area contributed by atoms with Crippen LogP contribution in [0.3, 0.4) is 0 Å². The van der Waals surface area contributed by atoms with E-state index in [4.69, 9.17) is 0 Å². The van der Waals surface area contributed by atoms with Crippen LogP contribution in [0.5, 0.6) is 0 Å². The SMILES string of the molecule is CC(C)CNCC1(CC2CC3CCC2C3)CC1. The molecule has 17 heavy (non-hydrogen) atoms. The van der Waals surface area contributed by atoms with E-state index < -0.39 is 0 Å². The molecule has 0 aromatic heterocycles. The molecule has 98 valence electrons. The van der Waals surface area contributed by atoms with Gasteiger partial charge in [0, 0.05) is 6.54 Å². The molecule has 3 unspecified atom stereocenters. The monoisotopic (exact) mass is 235 g/mol. The zero-order chi connectivity index (χ0) is 11.9. The Kier molecular flexibility index (Phi) is 3.23. The standard InChI is InChI=1S/C16H29N/c1-12(2)10-17-11-16(5-6-16)9-15-8-13-3-4-14(15)7-13/h12-15,17H,3-11H2,1-2H3. The molecule has 3 aliphatic carbocycles. The minimum Gasteiger partial charge on any atom is -0.316 e. The van der Waals surface area contributed by atoms with Crippen LogP contribution in [0.2, 0.25) is 0 Å². The van der Waals surface area contributed by atoms with Crippen LogP contribution < -0.4 is 5.32 Å². The lowest BCUT2D eigenvalue weighted by atomic mass is 9.81. The Hall–Kier alpha value is -0.0400. The molecule has 1 N–H and O–H groups in total. The molecule has 3 saturated carbocycles. The largest absolute Gasteiger partial charge is 0.316 e. The Morgan fingerprint density at radius 1 is 1.18 bits per heavy atom. The maximum absolute atomic E-state index is 3.71. The summed E-state index contributed by atoms with van der Waals surface area (Å²) in [6.07, 6.45) is 10.8. The summed E-state index contributed by atoms with van der Waals surface area (Å²) in [4.78, 5) is 0. The highest BCUT2D eigenvalue weighted by Gasteiger charge is 2.48. The Labute approximate surface area is 107 Å². The van der Waals surface area contributed by atoms with Gasteiger partial charge in [-0.25, -0.2) is 0 Å². The van der Waals surface area contributed by atoms with Crippen molar-refractivity contribution in [2.45, 2.75) is 58.8 Å². The van der Waals surface area contributed by atoms with Crippen molar-refractivity contribution in [2.24, 2.45) is 29.1 Å². The molecular weight excluding hydrogens is 206 g/mol. The van der Waals surface area contributed by atoms with Crippen molar-refractivity contribution in [3.05, 3.63) is 0 Å². The maximum atomic E-state index is 3.71. The quantitative estimate of drug-likeness (QED) is 0.737. The third-order valence-electron chi connectivity index (χ3n) is 5.59. The van der Waals surface area contributed by atoms with E-state index >= 15 is 0 Å². The summed E-state index contributed by atoms with van der Waals surface area (Å²) in [6, 6.07) is 0. The van der Waals surface area contributed by atoms with Gasteiger partial charge in [0.15, 0.2) is 0 Å². The smallest absolute Gasteiger partial charge is 0.000803 e. The van der Waals surface area contributed by atoms with Gasteiger partial charge in [0.2, 0.25) is 0 Å². The molecule has 2 bridgehead atoms. The van der Waals surface area contributed by atoms with Crippen molar-refractivity contribution >= 4 is 0 Å². The molecule has 1 heteroatoms. The van der Waals surface area contributed by atoms with Gasteiger partial charge in [-0.05, 0) is 74.2 Å². The van der Waals surface area contributed by atoms with Crippen LogP contribution in [-0.2, 0) is 0 Å². The third kappa shape index (κ3) is 2.70. The topological polar surface area (TPSA) is 12.0 Å². The molecule has 0 aromatic carbocycles. The van der Waals surface area contributed by atoms with Gasteiger partial charge in [0.05, 0.1) is 0 Å². The van der Waals surface area contributed by atoms with E-state index in [1.807, 2.05) is 0 Å². The lowest BCUT2D eigenvalue weighted by Crippen LogP contribution is -2.29. The van der Waals surface area contributed by atoms with Crippen molar-refractivity contribution in [1.29, 1.82) is 0 Å². The van der Waals surface area contributed by atoms with Crippen LogP contribution in [-0.4, -0.2) is 13.1 Å². The molecule has 0 aliphatic heterocycles. The number of hydrogen-bond acceptors (Lipinski definition) is 1. The van der Waals surface area contributed by atoms with Crippen molar-refractivity contribution < 1.29 is 0 Å². The second kappa shape index (κ2) is 4.57. The van der Waals surface area contributed by atoms with Gasteiger partial charge in [-0.3, -0.25) is 0 Å². The van der Waals surface area contributed by atoms with E-state index in [0.717, 1.165) is 29.1 Å². The summed E-state index contributed by atoms with van der Waals surface area (Å²) in [7, 11) is 0. The van der Waals surface area contributed by atoms with Crippen LogP contribution in [0, 0.1) is 29.1 Å². The minimum atomic E-state index is 0.740. The van der Waals surface area contributed by atoms with Gasteiger partial charge in [-0.2, -0.15) is 0 Å². The molecule has 3 rings (SSSR count). The van der Waals surface area contributed by atoms with Crippen LogP contribution in [0.4, 0.5) is 0 Å². The van der Waals surface area contributed by atoms with Gasteiger partial charge >= 0.3 is 0 Å². The molecule has 0 saturated heterocycles. The van der Waals surface area contributed by atoms with Gasteiger partial charge in [-0.15, -0.1) is 0 Å². The maximum Gasteiger partial charge on any atom is 0.000803 e. The molecule has 0 aromatic rings. The highest BCUT2D eigenvalue weighted by atomic mass is 14.9. The Morgan fingerprint density at radius 2 is 2.00 bits per heavy atom. The fourth-order valence-electron chi connectivity index (χ4n) is 4.44. The fraction of sp³-hybridized carbons (Fsp3) is 1.00. The zero-order valence-corrected chi connectivity index (χ0v) is 11.7. The van der Waals surface area contributed by atoms with Crippen LogP contribution in [0.15, 0.2) is 0 Å². The molecule has 0 radical (unpaired) electrons. The molecular formula is C16H29N. The number of rotatable bonds is 6. The summed E-state index contributed by atoms with van der Waals surface area (Å²) in [5.74, 6) is 4.16. The van der Waals surface area contributed by atoms with E-state index in [9.17, 15) is 0 Å². The van der Waals surface area contributed by atoms with Gasteiger partial charge in [0.25, 0.3) is 0 Å². The van der Waals surface area contributed by atoms with Gasteiger partial charge < -0.3 is 5.32 Å². The molecule has 1 nitrogen and oxygen atoms in total. The van der Waals surface area contributed by atoms with E-state index in [1.54, 1.807) is 32.1 Å². The average Bonchev–Trinajstić information content (AvgIpc) is 2.73. The predicted molar refractivity (Wildman–Crippen MR) is 72.9 cm³/mol. The molecule has 3 fully saturated rings. The summed E-state index contributed by atoms with van der Waals surface area (Å²) in [5.41, 5.74) is 0.740. The number of nitrogens with one attached hydrogen (secondary N) is 1. The van der Waals surface area contributed by atoms with Crippen molar-refractivity contribution in [3.63, 3.8) is 0 Å². The fourth-order valence-corrected chi connectivity index (χ4v) is 4.44. The third-order valence-corrected chi connectivity index (χ3v) is 5.59. The zero-order valence-electron chi connectivity index (χ0n) is 11.7. The molecule has 3 atom stereocenters. The van der Waals surface area contributed by atoms with E-state index in [-0.39, 0.29) is 0 Å². The first kappa shape index (κ1) is 12.0. The lowest BCUT2D eigenvalue weighted by molar-refractivity contribution is 0.249. The second-order valence-electron chi connectivity index (χ2n) is 7.66. The summed E-state index contributed by atoms with van der Waals surface area (Å²) in [6.45, 7) is 7.13. The second-order valence-corrected chi connectivity index (χ2v) is 7.66. The van der Waals surface area contributed by atoms with E-state index in [1.165, 1.54) is 25.9 Å². The molecule has 0 spiro atoms. The Bertz CT molecular complexity index is 267. The lowest BCUT2D eigenvalue weighted by Gasteiger charge is -2.27. The first-order valence-electron chi connectivity index (χ1n) is 7.88. The summed E-state index contributed by atoms with van der Waals surface area (Å²) in [5, 5.41) is 3.71. The van der Waals surface area contributed by atoms with E-state index in [2.05, 4.69) is 19.2 Å². The number of fused-ring (bicyclic) bond motifs is 2. The molecule has 0 heterocycles. The summed E-state index contributed by atoms with van der Waals surface area (Å²) >= 11 is 0. The van der Waals surface area contributed by atoms with Crippen LogP contribution in [0.1, 0.15) is 58.8 Å². The van der Waals surface area contributed by atoms with Crippen LogP contribution >= 0.6 is 0 Å². The first-order valence-corrected chi connectivity index (χ1v) is 7.88. The average molecular weight is 235 g/mol. The summed E-state index contributed by atoms with van der Waals surface area (Å²) < 4.78 is 0. The Balaban J connectivity index is 1.45. The normalized spacial score (nSPS) is 37.9. The molecule has 3 aliphatic rings. The molecule has 0 amide bonds. The first-order chi connectivity index (χ1) is 8.17.